The number of hydrogen-bond donors (Lipinski definition) is 0. The van der Waals surface area contributed by atoms with Gasteiger partial charge in [0.2, 0.25) is 0 Å². The van der Waals surface area contributed by atoms with Gasteiger partial charge in [0.25, 0.3) is 0 Å². The van der Waals surface area contributed by atoms with E-state index in [2.05, 4.69) is 5.10 Å². The quantitative estimate of drug-likeness (QED) is 0.701. The molecule has 1 heterocycles. The molecule has 0 amide bonds. The highest BCUT2D eigenvalue weighted by Gasteiger charge is 2.10. The number of nitrogens with zero attached hydrogens (tertiary/aromatic N) is 2. The summed E-state index contributed by atoms with van der Waals surface area (Å²) >= 11 is 6.27. The third-order valence-corrected chi connectivity index (χ3v) is 3.61. The molecule has 0 fully saturated rings. The summed E-state index contributed by atoms with van der Waals surface area (Å²) in [6, 6.07) is 16.1. The lowest BCUT2D eigenvalue weighted by Gasteiger charge is -2.06. The second-order valence-corrected chi connectivity index (χ2v) is 5.22. The van der Waals surface area contributed by atoms with Crippen LogP contribution in [0.4, 0.5) is 4.39 Å². The van der Waals surface area contributed by atoms with Crippen LogP contribution < -0.4 is 4.74 Å². The number of benzene rings is 2. The standard InChI is InChI=1S/C17H14ClFN2O/c18-17-16(22-12-14-4-2-1-3-5-14)10-20-21(17)11-13-6-8-15(19)9-7-13/h1-10H,11-12H2. The summed E-state index contributed by atoms with van der Waals surface area (Å²) < 4.78 is 20.2. The first-order chi connectivity index (χ1) is 10.7. The lowest BCUT2D eigenvalue weighted by atomic mass is 10.2. The summed E-state index contributed by atoms with van der Waals surface area (Å²) in [5.74, 6) is 0.273. The van der Waals surface area contributed by atoms with E-state index in [1.54, 1.807) is 23.0 Å². The van der Waals surface area contributed by atoms with Crippen LogP contribution in [0.2, 0.25) is 5.15 Å². The summed E-state index contributed by atoms with van der Waals surface area (Å²) in [6.07, 6.45) is 1.59. The highest BCUT2D eigenvalue weighted by Crippen LogP contribution is 2.25. The van der Waals surface area contributed by atoms with Gasteiger partial charge < -0.3 is 4.74 Å². The molecule has 0 radical (unpaired) electrons. The largest absolute Gasteiger partial charge is 0.484 e. The number of rotatable bonds is 5. The minimum atomic E-state index is -0.262. The molecule has 112 valence electrons. The minimum absolute atomic E-state index is 0.262. The molecule has 0 aliphatic rings. The Morgan fingerprint density at radius 3 is 2.45 bits per heavy atom. The Morgan fingerprint density at radius 1 is 1.00 bits per heavy atom. The molecule has 3 aromatic rings. The number of aromatic nitrogens is 2. The normalized spacial score (nSPS) is 10.6. The van der Waals surface area contributed by atoms with Crippen molar-refractivity contribution >= 4 is 11.6 Å². The maximum absolute atomic E-state index is 12.9. The van der Waals surface area contributed by atoms with Gasteiger partial charge in [0.15, 0.2) is 10.9 Å². The van der Waals surface area contributed by atoms with Crippen molar-refractivity contribution in [1.29, 1.82) is 0 Å². The Balaban J connectivity index is 1.68. The molecule has 5 heteroatoms. The van der Waals surface area contributed by atoms with Crippen LogP contribution in [-0.4, -0.2) is 9.78 Å². The molecule has 0 spiro atoms. The maximum atomic E-state index is 12.9. The van der Waals surface area contributed by atoms with Gasteiger partial charge in [-0.05, 0) is 23.3 Å². The Bertz CT molecular complexity index is 741. The smallest absolute Gasteiger partial charge is 0.176 e. The molecule has 0 bridgehead atoms. The van der Waals surface area contributed by atoms with Crippen molar-refractivity contribution in [3.63, 3.8) is 0 Å². The minimum Gasteiger partial charge on any atom is -0.484 e. The summed E-state index contributed by atoms with van der Waals surface area (Å²) in [7, 11) is 0. The SMILES string of the molecule is Fc1ccc(Cn2ncc(OCc3ccccc3)c2Cl)cc1. The second kappa shape index (κ2) is 6.62. The molecular weight excluding hydrogens is 303 g/mol. The van der Waals surface area contributed by atoms with Crippen LogP contribution in [0, 0.1) is 5.82 Å². The van der Waals surface area contributed by atoms with Gasteiger partial charge in [-0.3, -0.25) is 0 Å². The van der Waals surface area contributed by atoms with E-state index in [4.69, 9.17) is 16.3 Å². The predicted molar refractivity (Wildman–Crippen MR) is 83.5 cm³/mol. The fourth-order valence-corrected chi connectivity index (χ4v) is 2.27. The molecule has 0 N–H and O–H groups in total. The van der Waals surface area contributed by atoms with E-state index in [-0.39, 0.29) is 5.82 Å². The third kappa shape index (κ3) is 3.46. The summed E-state index contributed by atoms with van der Waals surface area (Å²) in [4.78, 5) is 0. The van der Waals surface area contributed by atoms with Gasteiger partial charge in [-0.15, -0.1) is 0 Å². The van der Waals surface area contributed by atoms with Crippen molar-refractivity contribution in [1.82, 2.24) is 9.78 Å². The Labute approximate surface area is 132 Å². The van der Waals surface area contributed by atoms with E-state index < -0.39 is 0 Å². The molecule has 0 saturated carbocycles. The lowest BCUT2D eigenvalue weighted by molar-refractivity contribution is 0.306. The van der Waals surface area contributed by atoms with Crippen molar-refractivity contribution in [2.24, 2.45) is 0 Å². The topological polar surface area (TPSA) is 27.1 Å². The van der Waals surface area contributed by atoms with E-state index in [9.17, 15) is 4.39 Å². The van der Waals surface area contributed by atoms with Crippen LogP contribution in [0.15, 0.2) is 60.8 Å². The average molecular weight is 317 g/mol. The van der Waals surface area contributed by atoms with Gasteiger partial charge in [0.1, 0.15) is 12.4 Å². The molecule has 2 aromatic carbocycles. The van der Waals surface area contributed by atoms with Gasteiger partial charge >= 0.3 is 0 Å². The van der Waals surface area contributed by atoms with Crippen LogP contribution in [0.5, 0.6) is 5.75 Å². The van der Waals surface area contributed by atoms with E-state index in [0.717, 1.165) is 11.1 Å². The lowest BCUT2D eigenvalue weighted by Crippen LogP contribution is -2.02. The maximum Gasteiger partial charge on any atom is 0.176 e. The number of hydrogen-bond acceptors (Lipinski definition) is 2. The summed E-state index contributed by atoms with van der Waals surface area (Å²) in [5.41, 5.74) is 1.98. The van der Waals surface area contributed by atoms with E-state index >= 15 is 0 Å². The summed E-state index contributed by atoms with van der Waals surface area (Å²) in [6.45, 7) is 0.899. The molecule has 1 aromatic heterocycles. The highest BCUT2D eigenvalue weighted by molar-refractivity contribution is 6.31. The Hall–Kier alpha value is -2.33. The van der Waals surface area contributed by atoms with E-state index in [1.165, 1.54) is 12.1 Å². The third-order valence-electron chi connectivity index (χ3n) is 3.23. The first-order valence-corrected chi connectivity index (χ1v) is 7.22. The Morgan fingerprint density at radius 2 is 1.73 bits per heavy atom. The molecule has 0 aliphatic heterocycles. The monoisotopic (exact) mass is 316 g/mol. The van der Waals surface area contributed by atoms with Crippen molar-refractivity contribution in [2.75, 3.05) is 0 Å². The fraction of sp³-hybridized carbons (Fsp3) is 0.118. The molecule has 0 saturated heterocycles. The highest BCUT2D eigenvalue weighted by atomic mass is 35.5. The van der Waals surface area contributed by atoms with Crippen LogP contribution in [0.1, 0.15) is 11.1 Å². The zero-order valence-electron chi connectivity index (χ0n) is 11.7. The zero-order valence-corrected chi connectivity index (χ0v) is 12.5. The van der Waals surface area contributed by atoms with Crippen molar-refractivity contribution in [3.8, 4) is 5.75 Å². The molecule has 3 nitrogen and oxygen atoms in total. The molecule has 3 rings (SSSR count). The molecular formula is C17H14ClFN2O. The van der Waals surface area contributed by atoms with Gasteiger partial charge in [-0.25, -0.2) is 9.07 Å². The zero-order chi connectivity index (χ0) is 15.4. The van der Waals surface area contributed by atoms with Crippen LogP contribution >= 0.6 is 11.6 Å². The van der Waals surface area contributed by atoms with Crippen molar-refractivity contribution in [2.45, 2.75) is 13.2 Å². The predicted octanol–water partition coefficient (Wildman–Crippen LogP) is 4.30. The first-order valence-electron chi connectivity index (χ1n) is 6.85. The fourth-order valence-electron chi connectivity index (χ4n) is 2.06. The first kappa shape index (κ1) is 14.6. The molecule has 0 unspecified atom stereocenters. The van der Waals surface area contributed by atoms with Crippen LogP contribution in [0.25, 0.3) is 0 Å². The van der Waals surface area contributed by atoms with Crippen molar-refractivity contribution in [3.05, 3.63) is 82.9 Å². The van der Waals surface area contributed by atoms with E-state index in [1.807, 2.05) is 30.3 Å². The molecule has 0 aliphatic carbocycles. The van der Waals surface area contributed by atoms with Gasteiger partial charge in [0.05, 0.1) is 12.7 Å². The van der Waals surface area contributed by atoms with Gasteiger partial charge in [0, 0.05) is 0 Å². The molecule has 22 heavy (non-hydrogen) atoms. The number of halogens is 2. The van der Waals surface area contributed by atoms with E-state index in [0.29, 0.717) is 24.1 Å². The van der Waals surface area contributed by atoms with Gasteiger partial charge in [-0.1, -0.05) is 54.1 Å². The summed E-state index contributed by atoms with van der Waals surface area (Å²) in [5, 5.41) is 4.64. The average Bonchev–Trinajstić information content (AvgIpc) is 2.89. The molecule has 0 atom stereocenters. The van der Waals surface area contributed by atoms with Crippen molar-refractivity contribution < 1.29 is 9.13 Å². The number of ether oxygens (including phenoxy) is 1. The van der Waals surface area contributed by atoms with Crippen LogP contribution in [-0.2, 0) is 13.2 Å². The van der Waals surface area contributed by atoms with Crippen LogP contribution in [0.3, 0.4) is 0 Å². The van der Waals surface area contributed by atoms with Gasteiger partial charge in [-0.2, -0.15) is 5.10 Å². The Kier molecular flexibility index (Phi) is 4.39. The second-order valence-electron chi connectivity index (χ2n) is 4.86.